The molecule has 0 aromatic heterocycles. The summed E-state index contributed by atoms with van der Waals surface area (Å²) in [4.78, 5) is 4.81. The third-order valence-electron chi connectivity index (χ3n) is 2.24. The van der Waals surface area contributed by atoms with Gasteiger partial charge in [-0.25, -0.2) is 0 Å². The van der Waals surface area contributed by atoms with Crippen LogP contribution in [0.4, 0.5) is 0 Å². The molecule has 2 heteroatoms. The van der Waals surface area contributed by atoms with Crippen LogP contribution in [0.5, 0.6) is 0 Å². The molecule has 88 valence electrons. The molecular formula is C14H20Se2. The standard InChI is InChI=1S/C14H20Se2/c1-3-4-5-10-15-11-12-16-14-8-6-13(2)7-9-14/h6-9,11-12H,3-5,10H2,1-2H3/b12-11-. The summed E-state index contributed by atoms with van der Waals surface area (Å²) in [5.74, 6) is 0. The third kappa shape index (κ3) is 6.55. The number of unbranched alkanes of at least 4 members (excludes halogenated alkanes) is 2. The average molecular weight is 346 g/mol. The minimum absolute atomic E-state index is 0.542. The molecule has 16 heavy (non-hydrogen) atoms. The average Bonchev–Trinajstić information content (AvgIpc) is 2.30. The van der Waals surface area contributed by atoms with E-state index >= 15 is 0 Å². The van der Waals surface area contributed by atoms with Crippen molar-refractivity contribution in [1.82, 2.24) is 0 Å². The number of aryl methyl sites for hydroxylation is 1. The van der Waals surface area contributed by atoms with Gasteiger partial charge < -0.3 is 0 Å². The van der Waals surface area contributed by atoms with Gasteiger partial charge in [0.2, 0.25) is 0 Å². The fourth-order valence-electron chi connectivity index (χ4n) is 1.27. The van der Waals surface area contributed by atoms with E-state index < -0.39 is 0 Å². The van der Waals surface area contributed by atoms with Gasteiger partial charge in [0.05, 0.1) is 0 Å². The summed E-state index contributed by atoms with van der Waals surface area (Å²) in [5, 5.41) is 1.42. The Labute approximate surface area is 112 Å². The van der Waals surface area contributed by atoms with Crippen molar-refractivity contribution >= 4 is 34.4 Å². The second-order valence-electron chi connectivity index (χ2n) is 3.78. The van der Waals surface area contributed by atoms with Gasteiger partial charge >= 0.3 is 113 Å². The Morgan fingerprint density at radius 2 is 1.81 bits per heavy atom. The Morgan fingerprint density at radius 1 is 1.06 bits per heavy atom. The van der Waals surface area contributed by atoms with E-state index in [0.29, 0.717) is 15.0 Å². The molecule has 0 N–H and O–H groups in total. The Morgan fingerprint density at radius 3 is 2.50 bits per heavy atom. The van der Waals surface area contributed by atoms with Crippen LogP contribution >= 0.6 is 0 Å². The Hall–Kier alpha value is -0.00104. The first-order valence-corrected chi connectivity index (χ1v) is 9.87. The zero-order chi connectivity index (χ0) is 11.6. The van der Waals surface area contributed by atoms with Crippen LogP contribution in [0.15, 0.2) is 34.2 Å². The maximum atomic E-state index is 2.42. The molecule has 0 radical (unpaired) electrons. The van der Waals surface area contributed by atoms with Crippen molar-refractivity contribution in [1.29, 1.82) is 0 Å². The molecule has 0 heterocycles. The summed E-state index contributed by atoms with van der Waals surface area (Å²) in [6.45, 7) is 4.41. The Kier molecular flexibility index (Phi) is 7.97. The van der Waals surface area contributed by atoms with Gasteiger partial charge in [0.15, 0.2) is 0 Å². The Bertz CT molecular complexity index is 301. The number of benzene rings is 1. The SMILES string of the molecule is CCCCC[Se]/C=C\[Se]c1ccc(C)cc1. The van der Waals surface area contributed by atoms with Gasteiger partial charge in [-0.15, -0.1) is 0 Å². The van der Waals surface area contributed by atoms with Crippen molar-refractivity contribution in [3.8, 4) is 0 Å². The summed E-state index contributed by atoms with van der Waals surface area (Å²) < 4.78 is 1.48. The van der Waals surface area contributed by atoms with Crippen molar-refractivity contribution in [3.63, 3.8) is 0 Å². The van der Waals surface area contributed by atoms with Gasteiger partial charge in [0, 0.05) is 0 Å². The van der Waals surface area contributed by atoms with E-state index in [1.165, 1.54) is 34.6 Å². The molecule has 1 rings (SSSR count). The molecule has 0 atom stereocenters. The van der Waals surface area contributed by atoms with E-state index in [1.807, 2.05) is 0 Å². The zero-order valence-electron chi connectivity index (χ0n) is 10.1. The summed E-state index contributed by atoms with van der Waals surface area (Å²) in [6, 6.07) is 8.92. The van der Waals surface area contributed by atoms with Gasteiger partial charge in [0.1, 0.15) is 0 Å². The van der Waals surface area contributed by atoms with Crippen molar-refractivity contribution in [2.45, 2.75) is 38.4 Å². The molecular weight excluding hydrogens is 326 g/mol. The van der Waals surface area contributed by atoms with Crippen LogP contribution in [0, 0.1) is 6.92 Å². The summed E-state index contributed by atoms with van der Waals surface area (Å²) in [7, 11) is 0. The molecule has 0 fully saturated rings. The molecule has 0 bridgehead atoms. The molecule has 1 aromatic rings. The molecule has 1 aromatic carbocycles. The molecule has 0 aliphatic rings. The summed E-state index contributed by atoms with van der Waals surface area (Å²) in [5.41, 5.74) is 1.35. The van der Waals surface area contributed by atoms with E-state index in [-0.39, 0.29) is 0 Å². The summed E-state index contributed by atoms with van der Waals surface area (Å²) in [6.07, 6.45) is 4.16. The fourth-order valence-corrected chi connectivity index (χ4v) is 5.02. The van der Waals surface area contributed by atoms with Crippen LogP contribution in [0.2, 0.25) is 5.32 Å². The predicted molar refractivity (Wildman–Crippen MR) is 75.8 cm³/mol. The maximum absolute atomic E-state index is 2.42. The second-order valence-corrected chi connectivity index (χ2v) is 7.96. The zero-order valence-corrected chi connectivity index (χ0v) is 13.5. The van der Waals surface area contributed by atoms with Crippen LogP contribution in [-0.4, -0.2) is 29.9 Å². The number of hydrogen-bond donors (Lipinski definition) is 0. The molecule has 0 spiro atoms. The van der Waals surface area contributed by atoms with Crippen molar-refractivity contribution in [3.05, 3.63) is 39.8 Å². The predicted octanol–water partition coefficient (Wildman–Crippen LogP) is 3.11. The van der Waals surface area contributed by atoms with Gasteiger partial charge in [-0.2, -0.15) is 0 Å². The van der Waals surface area contributed by atoms with E-state index in [4.69, 9.17) is 0 Å². The molecule has 0 nitrogen and oxygen atoms in total. The van der Waals surface area contributed by atoms with Gasteiger partial charge in [-0.05, 0) is 0 Å². The fraction of sp³-hybridized carbons (Fsp3) is 0.429. The molecule has 0 aliphatic carbocycles. The summed E-state index contributed by atoms with van der Waals surface area (Å²) >= 11 is 1.28. The van der Waals surface area contributed by atoms with Gasteiger partial charge in [-0.3, -0.25) is 0 Å². The van der Waals surface area contributed by atoms with Gasteiger partial charge in [0.25, 0.3) is 0 Å². The van der Waals surface area contributed by atoms with Crippen LogP contribution in [0.1, 0.15) is 31.7 Å². The minimum atomic E-state index is 0.542. The first-order chi connectivity index (χ1) is 7.83. The second kappa shape index (κ2) is 9.07. The molecule has 0 unspecified atom stereocenters. The van der Waals surface area contributed by atoms with E-state index in [2.05, 4.69) is 48.1 Å². The quantitative estimate of drug-likeness (QED) is 0.526. The molecule has 0 aliphatic heterocycles. The van der Waals surface area contributed by atoms with Crippen molar-refractivity contribution < 1.29 is 0 Å². The van der Waals surface area contributed by atoms with Crippen LogP contribution in [0.25, 0.3) is 0 Å². The first kappa shape index (κ1) is 14.1. The molecule has 0 saturated carbocycles. The van der Waals surface area contributed by atoms with Gasteiger partial charge in [-0.1, -0.05) is 0 Å². The van der Waals surface area contributed by atoms with E-state index in [1.54, 1.807) is 0 Å². The van der Waals surface area contributed by atoms with Crippen molar-refractivity contribution in [2.24, 2.45) is 0 Å². The molecule has 0 saturated heterocycles. The van der Waals surface area contributed by atoms with E-state index in [9.17, 15) is 0 Å². The normalized spacial score (nSPS) is 11.1. The van der Waals surface area contributed by atoms with E-state index in [0.717, 1.165) is 15.0 Å². The monoisotopic (exact) mass is 348 g/mol. The van der Waals surface area contributed by atoms with Crippen LogP contribution in [-0.2, 0) is 0 Å². The van der Waals surface area contributed by atoms with Crippen molar-refractivity contribution in [2.75, 3.05) is 0 Å². The van der Waals surface area contributed by atoms with Crippen LogP contribution in [0.3, 0.4) is 0 Å². The van der Waals surface area contributed by atoms with Crippen LogP contribution < -0.4 is 4.46 Å². The number of hydrogen-bond acceptors (Lipinski definition) is 0. The molecule has 0 amide bonds. The topological polar surface area (TPSA) is 0 Å². The first-order valence-electron chi connectivity index (χ1n) is 5.83. The Balaban J connectivity index is 2.14. The third-order valence-corrected chi connectivity index (χ3v) is 6.62. The number of rotatable bonds is 7.